The molecule has 0 aromatic carbocycles. The summed E-state index contributed by atoms with van der Waals surface area (Å²) >= 11 is 3.80. The van der Waals surface area contributed by atoms with E-state index >= 15 is 0 Å². The van der Waals surface area contributed by atoms with E-state index in [-0.39, 0.29) is 0 Å². The van der Waals surface area contributed by atoms with E-state index in [1.165, 1.54) is 40.9 Å². The largest absolute Gasteiger partial charge is 0.229 e. The van der Waals surface area contributed by atoms with Crippen molar-refractivity contribution >= 4 is 33.3 Å². The number of thioether (sulfide) groups is 1. The van der Waals surface area contributed by atoms with E-state index < -0.39 is 0 Å². The molecular formula is C16H22N2S2. The van der Waals surface area contributed by atoms with Gasteiger partial charge in [-0.25, -0.2) is 9.97 Å². The maximum absolute atomic E-state index is 4.56. The predicted molar refractivity (Wildman–Crippen MR) is 88.8 cm³/mol. The van der Waals surface area contributed by atoms with Crippen molar-refractivity contribution in [3.05, 3.63) is 16.8 Å². The van der Waals surface area contributed by atoms with E-state index in [1.54, 1.807) is 16.8 Å². The van der Waals surface area contributed by atoms with E-state index in [9.17, 15) is 0 Å². The second-order valence-corrected chi connectivity index (χ2v) is 8.41. The quantitative estimate of drug-likeness (QED) is 0.590. The van der Waals surface area contributed by atoms with E-state index in [0.717, 1.165) is 17.6 Å². The summed E-state index contributed by atoms with van der Waals surface area (Å²) in [4.78, 5) is 11.8. The fourth-order valence-corrected chi connectivity index (χ4v) is 5.43. The van der Waals surface area contributed by atoms with Crippen molar-refractivity contribution < 1.29 is 0 Å². The van der Waals surface area contributed by atoms with Gasteiger partial charge in [0.2, 0.25) is 0 Å². The lowest BCUT2D eigenvalue weighted by Crippen LogP contribution is -2.08. The molecule has 108 valence electrons. The van der Waals surface area contributed by atoms with Crippen LogP contribution in [0.1, 0.15) is 44.1 Å². The van der Waals surface area contributed by atoms with Crippen LogP contribution in [0.15, 0.2) is 11.4 Å². The summed E-state index contributed by atoms with van der Waals surface area (Å²) in [6.45, 7) is 6.92. The Bertz CT molecular complexity index is 604. The van der Waals surface area contributed by atoms with Crippen LogP contribution in [0.3, 0.4) is 0 Å². The Morgan fingerprint density at radius 2 is 2.25 bits per heavy atom. The Kier molecular flexibility index (Phi) is 4.32. The third-order valence-electron chi connectivity index (χ3n) is 3.99. The van der Waals surface area contributed by atoms with Gasteiger partial charge in [-0.2, -0.15) is 0 Å². The van der Waals surface area contributed by atoms with Crippen LogP contribution in [0.4, 0.5) is 0 Å². The van der Waals surface area contributed by atoms with E-state index in [1.807, 2.05) is 23.1 Å². The highest BCUT2D eigenvalue weighted by Gasteiger charge is 2.22. The maximum atomic E-state index is 4.56. The van der Waals surface area contributed by atoms with Gasteiger partial charge in [0, 0.05) is 10.3 Å². The summed E-state index contributed by atoms with van der Waals surface area (Å²) in [6, 6.07) is 0. The Morgan fingerprint density at radius 3 is 3.05 bits per heavy atom. The van der Waals surface area contributed by atoms with Crippen LogP contribution in [0.2, 0.25) is 0 Å². The average molecular weight is 307 g/mol. The molecule has 0 fully saturated rings. The summed E-state index contributed by atoms with van der Waals surface area (Å²) in [5, 5.41) is 2.58. The van der Waals surface area contributed by atoms with Gasteiger partial charge in [0.15, 0.2) is 0 Å². The smallest absolute Gasteiger partial charge is 0.128 e. The topological polar surface area (TPSA) is 25.8 Å². The van der Waals surface area contributed by atoms with Crippen LogP contribution in [0.5, 0.6) is 0 Å². The molecule has 20 heavy (non-hydrogen) atoms. The molecule has 0 amide bonds. The van der Waals surface area contributed by atoms with Crippen LogP contribution in [0, 0.1) is 11.8 Å². The van der Waals surface area contributed by atoms with Crippen molar-refractivity contribution in [2.45, 2.75) is 51.5 Å². The Morgan fingerprint density at radius 1 is 1.40 bits per heavy atom. The first kappa shape index (κ1) is 14.3. The highest BCUT2D eigenvalue weighted by atomic mass is 32.2. The van der Waals surface area contributed by atoms with Crippen LogP contribution < -0.4 is 0 Å². The molecule has 0 N–H and O–H groups in total. The van der Waals surface area contributed by atoms with Crippen LogP contribution in [-0.4, -0.2) is 15.7 Å². The molecule has 0 saturated heterocycles. The molecule has 0 aliphatic heterocycles. The number of thiophene rings is 1. The number of rotatable bonds is 4. The molecule has 4 heteroatoms. The molecule has 1 aliphatic carbocycles. The minimum absolute atomic E-state index is 0.761. The molecule has 2 aromatic rings. The zero-order chi connectivity index (χ0) is 14.1. The van der Waals surface area contributed by atoms with Crippen molar-refractivity contribution in [2.75, 3.05) is 5.75 Å². The molecular weight excluding hydrogens is 284 g/mol. The van der Waals surface area contributed by atoms with Gasteiger partial charge in [-0.05, 0) is 48.8 Å². The van der Waals surface area contributed by atoms with Gasteiger partial charge in [-0.1, -0.05) is 20.8 Å². The van der Waals surface area contributed by atoms with Gasteiger partial charge >= 0.3 is 0 Å². The van der Waals surface area contributed by atoms with Gasteiger partial charge in [-0.3, -0.25) is 0 Å². The highest BCUT2D eigenvalue weighted by Crippen LogP contribution is 2.40. The number of aryl methyl sites for hydroxylation is 1. The summed E-state index contributed by atoms with van der Waals surface area (Å²) in [5.41, 5.74) is 1.55. The Balaban J connectivity index is 1.92. The molecule has 2 nitrogen and oxygen atoms in total. The average Bonchev–Trinajstić information content (AvgIpc) is 2.76. The fraction of sp³-hybridized carbons (Fsp3) is 0.625. The number of nitrogens with zero attached hydrogens (tertiary/aromatic N) is 2. The van der Waals surface area contributed by atoms with Crippen LogP contribution in [0.25, 0.3) is 10.2 Å². The molecule has 1 unspecified atom stereocenters. The molecule has 1 aliphatic rings. The predicted octanol–water partition coefficient (Wildman–Crippen LogP) is 4.95. The standard InChI is InChI=1S/C16H22N2S2/c1-10(2)6-7-19-15-14-12-5-4-11(3)8-13(12)20-16(14)18-9-17-15/h9-11H,4-8H2,1-3H3. The first-order valence-corrected chi connectivity index (χ1v) is 9.33. The van der Waals surface area contributed by atoms with Crippen molar-refractivity contribution in [1.82, 2.24) is 9.97 Å². The molecule has 0 spiro atoms. The molecule has 0 radical (unpaired) electrons. The summed E-state index contributed by atoms with van der Waals surface area (Å²) < 4.78 is 0. The number of hydrogen-bond acceptors (Lipinski definition) is 4. The molecule has 0 saturated carbocycles. The van der Waals surface area contributed by atoms with Crippen molar-refractivity contribution in [1.29, 1.82) is 0 Å². The lowest BCUT2D eigenvalue weighted by molar-refractivity contribution is 0.509. The van der Waals surface area contributed by atoms with E-state index in [0.29, 0.717) is 0 Å². The minimum atomic E-state index is 0.761. The van der Waals surface area contributed by atoms with Gasteiger partial charge in [0.25, 0.3) is 0 Å². The molecule has 3 rings (SSSR count). The summed E-state index contributed by atoms with van der Waals surface area (Å²) in [7, 11) is 0. The zero-order valence-electron chi connectivity index (χ0n) is 12.5. The molecule has 2 aromatic heterocycles. The highest BCUT2D eigenvalue weighted by molar-refractivity contribution is 7.99. The van der Waals surface area contributed by atoms with Crippen molar-refractivity contribution in [3.8, 4) is 0 Å². The minimum Gasteiger partial charge on any atom is -0.229 e. The van der Waals surface area contributed by atoms with Gasteiger partial charge in [0.1, 0.15) is 16.2 Å². The van der Waals surface area contributed by atoms with E-state index in [4.69, 9.17) is 0 Å². The lowest BCUT2D eigenvalue weighted by atomic mass is 9.89. The van der Waals surface area contributed by atoms with Gasteiger partial charge in [-0.15, -0.1) is 23.1 Å². The summed E-state index contributed by atoms with van der Waals surface area (Å²) in [6.07, 6.45) is 6.74. The Labute approximate surface area is 129 Å². The molecule has 0 bridgehead atoms. The monoisotopic (exact) mass is 306 g/mol. The van der Waals surface area contributed by atoms with Gasteiger partial charge in [0.05, 0.1) is 0 Å². The van der Waals surface area contributed by atoms with Crippen LogP contribution >= 0.6 is 23.1 Å². The van der Waals surface area contributed by atoms with Crippen molar-refractivity contribution in [3.63, 3.8) is 0 Å². The first-order chi connectivity index (χ1) is 9.65. The number of fused-ring (bicyclic) bond motifs is 3. The Hall–Kier alpha value is -0.610. The first-order valence-electron chi connectivity index (χ1n) is 7.53. The maximum Gasteiger partial charge on any atom is 0.128 e. The van der Waals surface area contributed by atoms with Gasteiger partial charge < -0.3 is 0 Å². The normalized spacial score (nSPS) is 18.7. The number of aromatic nitrogens is 2. The van der Waals surface area contributed by atoms with Crippen molar-refractivity contribution in [2.24, 2.45) is 11.8 Å². The zero-order valence-corrected chi connectivity index (χ0v) is 14.1. The van der Waals surface area contributed by atoms with Crippen LogP contribution in [-0.2, 0) is 12.8 Å². The summed E-state index contributed by atoms with van der Waals surface area (Å²) in [5.74, 6) is 2.74. The van der Waals surface area contributed by atoms with E-state index in [2.05, 4.69) is 30.7 Å². The molecule has 1 atom stereocenters. The second-order valence-electron chi connectivity index (χ2n) is 6.24. The molecule has 2 heterocycles. The number of hydrogen-bond donors (Lipinski definition) is 0. The SMILES string of the molecule is CC(C)CCSc1ncnc2sc3c(c12)CCC(C)C3. The third-order valence-corrected chi connectivity index (χ3v) is 6.18. The second kappa shape index (κ2) is 6.02. The third kappa shape index (κ3) is 2.86. The lowest BCUT2D eigenvalue weighted by Gasteiger charge is -2.18. The fourth-order valence-electron chi connectivity index (χ4n) is 2.75.